The van der Waals surface area contributed by atoms with Crippen molar-refractivity contribution in [2.24, 2.45) is 0 Å². The van der Waals surface area contributed by atoms with E-state index in [1.54, 1.807) is 0 Å². The maximum Gasteiger partial charge on any atom is 0.305 e. The van der Waals surface area contributed by atoms with Gasteiger partial charge in [-0.25, -0.2) is 0 Å². The highest BCUT2D eigenvalue weighted by molar-refractivity contribution is 6.29. The van der Waals surface area contributed by atoms with Gasteiger partial charge in [0, 0.05) is 12.1 Å². The number of rotatable bonds is 3. The highest BCUT2D eigenvalue weighted by Gasteiger charge is 2.14. The van der Waals surface area contributed by atoms with Crippen LogP contribution < -0.4 is 4.74 Å². The third-order valence-electron chi connectivity index (χ3n) is 1.92. The number of nitro groups is 1. The summed E-state index contributed by atoms with van der Waals surface area (Å²) < 4.78 is 18.5. The predicted molar refractivity (Wildman–Crippen MR) is 60.2 cm³/mol. The number of ether oxygens (including phenoxy) is 1. The molecule has 0 bridgehead atoms. The molecule has 1 aromatic heterocycles. The zero-order valence-corrected chi connectivity index (χ0v) is 9.46. The van der Waals surface area contributed by atoms with Gasteiger partial charge >= 0.3 is 5.69 Å². The summed E-state index contributed by atoms with van der Waals surface area (Å²) in [5.74, 6) is -0.863. The lowest BCUT2D eigenvalue weighted by molar-refractivity contribution is -0.387. The lowest BCUT2D eigenvalue weighted by atomic mass is 10.3. The first-order chi connectivity index (χ1) is 8.56. The Hall–Kier alpha value is -2.28. The molecular formula is C10H5ClFN3O3. The minimum atomic E-state index is -0.993. The van der Waals surface area contributed by atoms with Crippen LogP contribution in [0.15, 0.2) is 30.6 Å². The molecule has 8 heteroatoms. The molecule has 0 aliphatic rings. The second-order valence-corrected chi connectivity index (χ2v) is 3.54. The molecule has 18 heavy (non-hydrogen) atoms. The average Bonchev–Trinajstić information content (AvgIpc) is 2.28. The fourth-order valence-corrected chi connectivity index (χ4v) is 1.33. The van der Waals surface area contributed by atoms with E-state index in [1.807, 2.05) is 0 Å². The second kappa shape index (κ2) is 4.92. The number of hydrogen-bond acceptors (Lipinski definition) is 5. The summed E-state index contributed by atoms with van der Waals surface area (Å²) in [4.78, 5) is 17.1. The molecule has 0 saturated carbocycles. The third-order valence-corrected chi connectivity index (χ3v) is 2.10. The third kappa shape index (κ3) is 2.69. The Kier molecular flexibility index (Phi) is 3.33. The molecule has 1 aromatic carbocycles. The minimum absolute atomic E-state index is 0.0645. The van der Waals surface area contributed by atoms with Gasteiger partial charge in [0.2, 0.25) is 11.7 Å². The fraction of sp³-hybridized carbons (Fsp3) is 0. The smallest absolute Gasteiger partial charge is 0.305 e. The topological polar surface area (TPSA) is 78.2 Å². The summed E-state index contributed by atoms with van der Waals surface area (Å²) in [6.45, 7) is 0. The summed E-state index contributed by atoms with van der Waals surface area (Å²) in [5.41, 5.74) is -0.625. The molecule has 0 aliphatic heterocycles. The molecule has 2 aromatic rings. The van der Waals surface area contributed by atoms with Crippen LogP contribution in [0.1, 0.15) is 0 Å². The van der Waals surface area contributed by atoms with Crippen LogP contribution in [-0.2, 0) is 0 Å². The standard InChI is InChI=1S/C10H5ClFN3O3/c11-9-4-13-5-10(14-9)18-6-1-2-8(15(16)17)7(12)3-6/h1-5H. The van der Waals surface area contributed by atoms with Crippen molar-refractivity contribution < 1.29 is 14.1 Å². The lowest BCUT2D eigenvalue weighted by Crippen LogP contribution is -1.94. The van der Waals surface area contributed by atoms with Gasteiger partial charge in [-0.05, 0) is 6.07 Å². The number of hydrogen-bond donors (Lipinski definition) is 0. The Bertz CT molecular complexity index is 609. The van der Waals surface area contributed by atoms with Crippen LogP contribution in [0, 0.1) is 15.9 Å². The highest BCUT2D eigenvalue weighted by atomic mass is 35.5. The Morgan fingerprint density at radius 1 is 1.39 bits per heavy atom. The first kappa shape index (κ1) is 12.2. The van der Waals surface area contributed by atoms with Crippen LogP contribution in [0.2, 0.25) is 5.15 Å². The van der Waals surface area contributed by atoms with Crippen LogP contribution in [0.5, 0.6) is 11.6 Å². The van der Waals surface area contributed by atoms with Crippen molar-refractivity contribution >= 4 is 17.3 Å². The van der Waals surface area contributed by atoms with Gasteiger partial charge < -0.3 is 4.74 Å². The second-order valence-electron chi connectivity index (χ2n) is 3.15. The molecule has 0 fully saturated rings. The summed E-state index contributed by atoms with van der Waals surface area (Å²) in [7, 11) is 0. The van der Waals surface area contributed by atoms with E-state index < -0.39 is 16.4 Å². The normalized spacial score (nSPS) is 10.1. The van der Waals surface area contributed by atoms with Gasteiger partial charge in [0.1, 0.15) is 5.75 Å². The van der Waals surface area contributed by atoms with Crippen LogP contribution in [0.25, 0.3) is 0 Å². The largest absolute Gasteiger partial charge is 0.437 e. The van der Waals surface area contributed by atoms with Gasteiger partial charge in [0.15, 0.2) is 5.15 Å². The molecule has 92 valence electrons. The van der Waals surface area contributed by atoms with Crippen molar-refractivity contribution in [2.75, 3.05) is 0 Å². The summed E-state index contributed by atoms with van der Waals surface area (Å²) in [6.07, 6.45) is 2.59. The first-order valence-electron chi connectivity index (χ1n) is 4.65. The van der Waals surface area contributed by atoms with Gasteiger partial charge in [-0.1, -0.05) is 11.6 Å². The summed E-state index contributed by atoms with van der Waals surface area (Å²) in [6, 6.07) is 3.15. The van der Waals surface area contributed by atoms with Gasteiger partial charge in [-0.3, -0.25) is 15.1 Å². The number of halogens is 2. The Morgan fingerprint density at radius 3 is 2.78 bits per heavy atom. The van der Waals surface area contributed by atoms with Gasteiger partial charge in [0.25, 0.3) is 0 Å². The maximum atomic E-state index is 13.3. The average molecular weight is 270 g/mol. The van der Waals surface area contributed by atoms with Crippen LogP contribution in [0.3, 0.4) is 0 Å². The van der Waals surface area contributed by atoms with E-state index in [0.717, 1.165) is 12.1 Å². The number of benzene rings is 1. The molecule has 2 rings (SSSR count). The van der Waals surface area contributed by atoms with Crippen LogP contribution in [-0.4, -0.2) is 14.9 Å². The zero-order valence-electron chi connectivity index (χ0n) is 8.71. The number of nitrogens with zero attached hydrogens (tertiary/aromatic N) is 3. The fourth-order valence-electron chi connectivity index (χ4n) is 1.19. The summed E-state index contributed by atoms with van der Waals surface area (Å²) in [5, 5.41) is 10.5. The van der Waals surface area contributed by atoms with Gasteiger partial charge in [-0.2, -0.15) is 9.37 Å². The molecule has 0 atom stereocenters. The van der Waals surface area contributed by atoms with E-state index in [2.05, 4.69) is 9.97 Å². The predicted octanol–water partition coefficient (Wildman–Crippen LogP) is 2.97. The Balaban J connectivity index is 2.25. The van der Waals surface area contributed by atoms with Crippen molar-refractivity contribution in [3.8, 4) is 11.6 Å². The zero-order chi connectivity index (χ0) is 13.1. The van der Waals surface area contributed by atoms with Crippen molar-refractivity contribution in [3.63, 3.8) is 0 Å². The minimum Gasteiger partial charge on any atom is -0.437 e. The summed E-state index contributed by atoms with van der Waals surface area (Å²) >= 11 is 5.59. The van der Waals surface area contributed by atoms with E-state index in [-0.39, 0.29) is 16.8 Å². The van der Waals surface area contributed by atoms with E-state index in [4.69, 9.17) is 16.3 Å². The lowest BCUT2D eigenvalue weighted by Gasteiger charge is -2.04. The van der Waals surface area contributed by atoms with E-state index in [0.29, 0.717) is 0 Å². The van der Waals surface area contributed by atoms with Gasteiger partial charge in [-0.15, -0.1) is 0 Å². The van der Waals surface area contributed by atoms with Crippen molar-refractivity contribution in [2.45, 2.75) is 0 Å². The highest BCUT2D eigenvalue weighted by Crippen LogP contribution is 2.25. The van der Waals surface area contributed by atoms with Gasteiger partial charge in [0.05, 0.1) is 17.3 Å². The Morgan fingerprint density at radius 2 is 2.17 bits per heavy atom. The first-order valence-corrected chi connectivity index (χ1v) is 5.03. The van der Waals surface area contributed by atoms with Crippen molar-refractivity contribution in [1.29, 1.82) is 0 Å². The molecule has 0 spiro atoms. The van der Waals surface area contributed by atoms with Crippen molar-refractivity contribution in [1.82, 2.24) is 9.97 Å². The molecule has 1 heterocycles. The quantitative estimate of drug-likeness (QED) is 0.632. The molecule has 0 radical (unpaired) electrons. The Labute approximate surface area is 105 Å². The molecule has 0 aliphatic carbocycles. The SMILES string of the molecule is O=[N+]([O-])c1ccc(Oc2cncc(Cl)n2)cc1F. The van der Waals surface area contributed by atoms with E-state index >= 15 is 0 Å². The van der Waals surface area contributed by atoms with Crippen molar-refractivity contribution in [3.05, 3.63) is 51.7 Å². The molecule has 0 saturated heterocycles. The molecule has 6 nitrogen and oxygen atoms in total. The van der Waals surface area contributed by atoms with Crippen LogP contribution in [0.4, 0.5) is 10.1 Å². The monoisotopic (exact) mass is 269 g/mol. The molecular weight excluding hydrogens is 265 g/mol. The number of aromatic nitrogens is 2. The number of nitro benzene ring substituents is 1. The molecule has 0 amide bonds. The van der Waals surface area contributed by atoms with E-state index in [9.17, 15) is 14.5 Å². The molecule has 0 N–H and O–H groups in total. The maximum absolute atomic E-state index is 13.3. The van der Waals surface area contributed by atoms with Crippen LogP contribution >= 0.6 is 11.6 Å². The van der Waals surface area contributed by atoms with E-state index in [1.165, 1.54) is 18.5 Å². The molecule has 0 unspecified atom stereocenters.